The number of amides is 1. The van der Waals surface area contributed by atoms with Crippen molar-refractivity contribution in [1.82, 2.24) is 5.32 Å². The molecule has 1 saturated carbocycles. The summed E-state index contributed by atoms with van der Waals surface area (Å²) in [5.41, 5.74) is -0.0987. The average Bonchev–Trinajstić information content (AvgIpc) is 2.46. The van der Waals surface area contributed by atoms with Gasteiger partial charge in [0.1, 0.15) is 0 Å². The molecule has 1 aliphatic rings. The summed E-state index contributed by atoms with van der Waals surface area (Å²) in [7, 11) is 0. The Balaban J connectivity index is 2.02. The number of hydrogen-bond donors (Lipinski definition) is 2. The SMILES string of the molecule is O=C(NCC1CCCCC1O)c1cc([N+](=O)[O-])ccc1Cl. The summed E-state index contributed by atoms with van der Waals surface area (Å²) in [4.78, 5) is 22.3. The summed E-state index contributed by atoms with van der Waals surface area (Å²) in [6, 6.07) is 3.75. The van der Waals surface area contributed by atoms with Gasteiger partial charge in [-0.25, -0.2) is 0 Å². The molecule has 0 aliphatic heterocycles. The van der Waals surface area contributed by atoms with Crippen molar-refractivity contribution >= 4 is 23.2 Å². The van der Waals surface area contributed by atoms with Crippen LogP contribution in [0.25, 0.3) is 0 Å². The van der Waals surface area contributed by atoms with Crippen LogP contribution < -0.4 is 5.32 Å². The van der Waals surface area contributed by atoms with E-state index in [-0.39, 0.29) is 22.2 Å². The molecule has 0 bridgehead atoms. The maximum absolute atomic E-state index is 12.1. The molecule has 0 spiro atoms. The molecule has 0 heterocycles. The highest BCUT2D eigenvalue weighted by atomic mass is 35.5. The molecule has 2 unspecified atom stereocenters. The third-order valence-corrected chi connectivity index (χ3v) is 4.13. The first kappa shape index (κ1) is 15.7. The number of aliphatic hydroxyl groups excluding tert-OH is 1. The predicted octanol–water partition coefficient (Wildman–Crippen LogP) is 2.53. The smallest absolute Gasteiger partial charge is 0.270 e. The van der Waals surface area contributed by atoms with Crippen LogP contribution in [0.4, 0.5) is 5.69 Å². The molecular formula is C14H17ClN2O4. The Labute approximate surface area is 127 Å². The molecule has 6 nitrogen and oxygen atoms in total. The summed E-state index contributed by atoms with van der Waals surface area (Å²) in [6.07, 6.45) is 3.25. The molecule has 7 heteroatoms. The first-order chi connectivity index (χ1) is 9.99. The zero-order chi connectivity index (χ0) is 15.4. The normalized spacial score (nSPS) is 21.8. The number of non-ortho nitro benzene ring substituents is 1. The van der Waals surface area contributed by atoms with Crippen molar-refractivity contribution in [3.8, 4) is 0 Å². The van der Waals surface area contributed by atoms with E-state index in [1.165, 1.54) is 12.1 Å². The fraction of sp³-hybridized carbons (Fsp3) is 0.500. The Bertz CT molecular complexity index is 550. The number of nitrogens with zero attached hydrogens (tertiary/aromatic N) is 1. The van der Waals surface area contributed by atoms with E-state index >= 15 is 0 Å². The summed E-state index contributed by atoms with van der Waals surface area (Å²) in [5.74, 6) is -0.429. The van der Waals surface area contributed by atoms with E-state index < -0.39 is 16.9 Å². The molecular weight excluding hydrogens is 296 g/mol. The van der Waals surface area contributed by atoms with Gasteiger partial charge in [-0.2, -0.15) is 0 Å². The van der Waals surface area contributed by atoms with Crippen molar-refractivity contribution in [3.05, 3.63) is 38.9 Å². The number of aliphatic hydroxyl groups is 1. The standard InChI is InChI=1S/C14H17ClN2O4/c15-12-6-5-10(17(20)21)7-11(12)14(19)16-8-9-3-1-2-4-13(9)18/h5-7,9,13,18H,1-4,8H2,(H,16,19). The van der Waals surface area contributed by atoms with Crippen molar-refractivity contribution in [2.45, 2.75) is 31.8 Å². The molecule has 0 aromatic heterocycles. The van der Waals surface area contributed by atoms with E-state index in [1.54, 1.807) is 0 Å². The second-order valence-electron chi connectivity index (χ2n) is 5.24. The first-order valence-corrected chi connectivity index (χ1v) is 7.27. The van der Waals surface area contributed by atoms with Gasteiger partial charge in [0.05, 0.1) is 21.6 Å². The molecule has 1 aliphatic carbocycles. The van der Waals surface area contributed by atoms with Crippen LogP contribution in [0, 0.1) is 16.0 Å². The van der Waals surface area contributed by atoms with Crippen LogP contribution in [-0.2, 0) is 0 Å². The van der Waals surface area contributed by atoms with E-state index in [0.717, 1.165) is 31.7 Å². The quantitative estimate of drug-likeness (QED) is 0.660. The predicted molar refractivity (Wildman–Crippen MR) is 78.4 cm³/mol. The van der Waals surface area contributed by atoms with Crippen LogP contribution >= 0.6 is 11.6 Å². The highest BCUT2D eigenvalue weighted by molar-refractivity contribution is 6.33. The molecule has 1 fully saturated rings. The molecule has 0 saturated heterocycles. The summed E-state index contributed by atoms with van der Waals surface area (Å²) < 4.78 is 0. The number of carbonyl (C=O) groups excluding carboxylic acids is 1. The lowest BCUT2D eigenvalue weighted by molar-refractivity contribution is -0.384. The van der Waals surface area contributed by atoms with Gasteiger partial charge in [-0.3, -0.25) is 14.9 Å². The highest BCUT2D eigenvalue weighted by Crippen LogP contribution is 2.25. The van der Waals surface area contributed by atoms with Gasteiger partial charge in [0.2, 0.25) is 0 Å². The lowest BCUT2D eigenvalue weighted by atomic mass is 9.86. The van der Waals surface area contributed by atoms with Crippen LogP contribution in [0.2, 0.25) is 5.02 Å². The zero-order valence-electron chi connectivity index (χ0n) is 11.4. The maximum Gasteiger partial charge on any atom is 0.270 e. The minimum Gasteiger partial charge on any atom is -0.393 e. The van der Waals surface area contributed by atoms with Crippen LogP contribution in [0.1, 0.15) is 36.0 Å². The number of nitro groups is 1. The second kappa shape index (κ2) is 6.87. The van der Waals surface area contributed by atoms with Crippen LogP contribution in [0.5, 0.6) is 0 Å². The summed E-state index contributed by atoms with van der Waals surface area (Å²) >= 11 is 5.91. The number of carbonyl (C=O) groups is 1. The third kappa shape index (κ3) is 3.92. The molecule has 1 aromatic carbocycles. The first-order valence-electron chi connectivity index (χ1n) is 6.89. The van der Waals surface area contributed by atoms with Crippen molar-refractivity contribution in [2.24, 2.45) is 5.92 Å². The molecule has 2 N–H and O–H groups in total. The maximum atomic E-state index is 12.1. The van der Waals surface area contributed by atoms with Crippen molar-refractivity contribution in [2.75, 3.05) is 6.54 Å². The zero-order valence-corrected chi connectivity index (χ0v) is 12.2. The van der Waals surface area contributed by atoms with Crippen LogP contribution in [0.3, 0.4) is 0 Å². The lowest BCUT2D eigenvalue weighted by Gasteiger charge is -2.27. The Hall–Kier alpha value is -1.66. The van der Waals surface area contributed by atoms with Crippen LogP contribution in [-0.4, -0.2) is 28.6 Å². The van der Waals surface area contributed by atoms with E-state index in [2.05, 4.69) is 5.32 Å². The van der Waals surface area contributed by atoms with Gasteiger partial charge < -0.3 is 10.4 Å². The lowest BCUT2D eigenvalue weighted by Crippen LogP contribution is -2.36. The van der Waals surface area contributed by atoms with Crippen molar-refractivity contribution in [3.63, 3.8) is 0 Å². The van der Waals surface area contributed by atoms with Gasteiger partial charge >= 0.3 is 0 Å². The topological polar surface area (TPSA) is 92.5 Å². The van der Waals surface area contributed by atoms with E-state index in [4.69, 9.17) is 11.6 Å². The number of nitrogens with one attached hydrogen (secondary N) is 1. The summed E-state index contributed by atoms with van der Waals surface area (Å²) in [6.45, 7) is 0.346. The van der Waals surface area contributed by atoms with Crippen molar-refractivity contribution < 1.29 is 14.8 Å². The van der Waals surface area contributed by atoms with Gasteiger partial charge in [0.15, 0.2) is 0 Å². The second-order valence-corrected chi connectivity index (χ2v) is 5.65. The van der Waals surface area contributed by atoms with Gasteiger partial charge in [-0.05, 0) is 18.9 Å². The van der Waals surface area contributed by atoms with E-state index in [0.29, 0.717) is 6.54 Å². The molecule has 0 radical (unpaired) electrons. The Morgan fingerprint density at radius 3 is 2.81 bits per heavy atom. The molecule has 1 amide bonds. The number of halogens is 1. The monoisotopic (exact) mass is 312 g/mol. The highest BCUT2D eigenvalue weighted by Gasteiger charge is 2.24. The Morgan fingerprint density at radius 1 is 1.43 bits per heavy atom. The fourth-order valence-electron chi connectivity index (χ4n) is 2.55. The number of benzene rings is 1. The minimum absolute atomic E-state index is 0.0279. The number of rotatable bonds is 4. The Kier molecular flexibility index (Phi) is 5.14. The summed E-state index contributed by atoms with van der Waals surface area (Å²) in [5, 5.41) is 23.5. The third-order valence-electron chi connectivity index (χ3n) is 3.80. The molecule has 2 atom stereocenters. The van der Waals surface area contributed by atoms with Crippen LogP contribution in [0.15, 0.2) is 18.2 Å². The Morgan fingerprint density at radius 2 is 2.14 bits per heavy atom. The number of nitro benzene ring substituents is 1. The average molecular weight is 313 g/mol. The van der Waals surface area contributed by atoms with Crippen molar-refractivity contribution in [1.29, 1.82) is 0 Å². The van der Waals surface area contributed by atoms with Gasteiger partial charge in [0.25, 0.3) is 11.6 Å². The fourth-order valence-corrected chi connectivity index (χ4v) is 2.75. The largest absolute Gasteiger partial charge is 0.393 e. The van der Waals surface area contributed by atoms with Gasteiger partial charge in [-0.15, -0.1) is 0 Å². The van der Waals surface area contributed by atoms with E-state index in [9.17, 15) is 20.0 Å². The molecule has 2 rings (SSSR count). The molecule has 21 heavy (non-hydrogen) atoms. The minimum atomic E-state index is -0.571. The van der Waals surface area contributed by atoms with Gasteiger partial charge in [0, 0.05) is 24.6 Å². The van der Waals surface area contributed by atoms with Gasteiger partial charge in [-0.1, -0.05) is 24.4 Å². The van der Waals surface area contributed by atoms with E-state index in [1.807, 2.05) is 0 Å². The molecule has 114 valence electrons. The molecule has 1 aromatic rings. The number of hydrogen-bond acceptors (Lipinski definition) is 4.